The number of β-amino-alcohol motifs (C(OH)–C–C–N with tert-alkyl or cyclic N) is 1. The third-order valence-corrected chi connectivity index (χ3v) is 3.30. The summed E-state index contributed by atoms with van der Waals surface area (Å²) in [7, 11) is 0. The second-order valence-corrected chi connectivity index (χ2v) is 5.29. The van der Waals surface area contributed by atoms with Crippen molar-refractivity contribution in [1.29, 1.82) is 0 Å². The van der Waals surface area contributed by atoms with Gasteiger partial charge >= 0.3 is 0 Å². The van der Waals surface area contributed by atoms with E-state index in [-0.39, 0.29) is 6.54 Å². The predicted octanol–water partition coefficient (Wildman–Crippen LogP) is 0.345. The van der Waals surface area contributed by atoms with Crippen LogP contribution in [0.25, 0.3) is 0 Å². The minimum Gasteiger partial charge on any atom is -0.486 e. The molecule has 6 heteroatoms. The van der Waals surface area contributed by atoms with Crippen molar-refractivity contribution in [3.8, 4) is 11.5 Å². The van der Waals surface area contributed by atoms with Gasteiger partial charge < -0.3 is 25.6 Å². The van der Waals surface area contributed by atoms with Gasteiger partial charge in [0, 0.05) is 6.54 Å². The summed E-state index contributed by atoms with van der Waals surface area (Å²) in [6, 6.07) is 5.29. The van der Waals surface area contributed by atoms with Crippen molar-refractivity contribution >= 4 is 5.91 Å². The van der Waals surface area contributed by atoms with E-state index in [0.717, 1.165) is 0 Å². The number of nitrogens with two attached hydrogens (primary N) is 1. The number of benzene rings is 1. The molecule has 0 spiro atoms. The van der Waals surface area contributed by atoms with E-state index in [1.54, 1.807) is 32.0 Å². The molecule has 2 rings (SSSR count). The Morgan fingerprint density at radius 2 is 2.05 bits per heavy atom. The molecule has 0 saturated carbocycles. The van der Waals surface area contributed by atoms with Crippen LogP contribution in [0.4, 0.5) is 0 Å². The van der Waals surface area contributed by atoms with Crippen LogP contribution >= 0.6 is 0 Å². The molecule has 0 bridgehead atoms. The number of rotatable bonds is 5. The Labute approximate surface area is 117 Å². The van der Waals surface area contributed by atoms with Gasteiger partial charge in [0.25, 0.3) is 0 Å². The smallest absolute Gasteiger partial charge is 0.237 e. The first kappa shape index (κ1) is 14.6. The monoisotopic (exact) mass is 280 g/mol. The van der Waals surface area contributed by atoms with E-state index >= 15 is 0 Å². The average Bonchev–Trinajstić information content (AvgIpc) is 2.44. The maximum absolute atomic E-state index is 11.2. The molecule has 6 nitrogen and oxygen atoms in total. The number of carbonyl (C=O) groups excluding carboxylic acids is 1. The Balaban J connectivity index is 2.02. The molecule has 0 aliphatic carbocycles. The SMILES string of the molecule is CC(C)(NCC(O)c1ccc2c(c1)OCCO2)C(N)=O. The number of ether oxygens (including phenoxy) is 2. The van der Waals surface area contributed by atoms with Crippen LogP contribution in [0.2, 0.25) is 0 Å². The topological polar surface area (TPSA) is 93.8 Å². The van der Waals surface area contributed by atoms with Gasteiger partial charge in [0.15, 0.2) is 11.5 Å². The van der Waals surface area contributed by atoms with Gasteiger partial charge in [0.05, 0.1) is 11.6 Å². The third-order valence-electron chi connectivity index (χ3n) is 3.30. The van der Waals surface area contributed by atoms with Gasteiger partial charge in [-0.25, -0.2) is 0 Å². The van der Waals surface area contributed by atoms with Gasteiger partial charge in [0.2, 0.25) is 5.91 Å². The third kappa shape index (κ3) is 3.20. The van der Waals surface area contributed by atoms with Crippen LogP contribution in [-0.4, -0.2) is 36.3 Å². The molecule has 1 aromatic rings. The van der Waals surface area contributed by atoms with Crippen LogP contribution in [0.1, 0.15) is 25.5 Å². The molecule has 1 aromatic carbocycles. The summed E-state index contributed by atoms with van der Waals surface area (Å²) in [5.41, 5.74) is 5.10. The van der Waals surface area contributed by atoms with Crippen molar-refractivity contribution in [2.24, 2.45) is 5.73 Å². The number of aliphatic hydroxyl groups excluding tert-OH is 1. The number of primary amides is 1. The van der Waals surface area contributed by atoms with E-state index in [0.29, 0.717) is 30.3 Å². The number of aliphatic hydroxyl groups is 1. The van der Waals surface area contributed by atoms with E-state index in [1.807, 2.05) is 0 Å². The Morgan fingerprint density at radius 1 is 1.40 bits per heavy atom. The Bertz CT molecular complexity index is 502. The van der Waals surface area contributed by atoms with Gasteiger partial charge in [-0.05, 0) is 31.5 Å². The highest BCUT2D eigenvalue weighted by molar-refractivity contribution is 5.83. The van der Waals surface area contributed by atoms with E-state index in [4.69, 9.17) is 15.2 Å². The molecule has 1 aliphatic heterocycles. The largest absolute Gasteiger partial charge is 0.486 e. The van der Waals surface area contributed by atoms with Crippen molar-refractivity contribution in [3.63, 3.8) is 0 Å². The standard InChI is InChI=1S/C14H20N2O4/c1-14(2,13(15)18)16-8-10(17)9-3-4-11-12(7-9)20-6-5-19-11/h3-4,7,10,16-17H,5-6,8H2,1-2H3,(H2,15,18). The highest BCUT2D eigenvalue weighted by atomic mass is 16.6. The summed E-state index contributed by atoms with van der Waals surface area (Å²) in [4.78, 5) is 11.2. The van der Waals surface area contributed by atoms with Crippen molar-refractivity contribution in [3.05, 3.63) is 23.8 Å². The van der Waals surface area contributed by atoms with Crippen LogP contribution < -0.4 is 20.5 Å². The van der Waals surface area contributed by atoms with Crippen LogP contribution in [0.3, 0.4) is 0 Å². The van der Waals surface area contributed by atoms with Crippen LogP contribution in [-0.2, 0) is 4.79 Å². The zero-order chi connectivity index (χ0) is 14.8. The maximum Gasteiger partial charge on any atom is 0.237 e. The lowest BCUT2D eigenvalue weighted by Crippen LogP contribution is -2.51. The molecule has 0 aromatic heterocycles. The zero-order valence-corrected chi connectivity index (χ0v) is 11.7. The van der Waals surface area contributed by atoms with Crippen molar-refractivity contribution < 1.29 is 19.4 Å². The number of carbonyl (C=O) groups is 1. The summed E-state index contributed by atoms with van der Waals surface area (Å²) in [6.45, 7) is 4.59. The molecule has 4 N–H and O–H groups in total. The Hall–Kier alpha value is -1.79. The number of hydrogen-bond donors (Lipinski definition) is 3. The van der Waals surface area contributed by atoms with E-state index in [9.17, 15) is 9.90 Å². The Kier molecular flexibility index (Phi) is 4.15. The molecule has 0 saturated heterocycles. The number of amides is 1. The molecule has 0 radical (unpaired) electrons. The highest BCUT2D eigenvalue weighted by Gasteiger charge is 2.25. The summed E-state index contributed by atoms with van der Waals surface area (Å²) < 4.78 is 10.9. The minimum atomic E-state index is -0.866. The summed E-state index contributed by atoms with van der Waals surface area (Å²) in [6.07, 6.45) is -0.760. The maximum atomic E-state index is 11.2. The molecule has 110 valence electrons. The number of hydrogen-bond acceptors (Lipinski definition) is 5. The molecule has 1 amide bonds. The summed E-state index contributed by atoms with van der Waals surface area (Å²) >= 11 is 0. The first-order valence-electron chi connectivity index (χ1n) is 6.53. The van der Waals surface area contributed by atoms with Crippen molar-refractivity contribution in [2.45, 2.75) is 25.5 Å². The molecule has 1 heterocycles. The quantitative estimate of drug-likeness (QED) is 0.723. The van der Waals surface area contributed by atoms with E-state index < -0.39 is 17.6 Å². The van der Waals surface area contributed by atoms with Crippen LogP contribution in [0, 0.1) is 0 Å². The summed E-state index contributed by atoms with van der Waals surface area (Å²) in [5, 5.41) is 13.1. The first-order chi connectivity index (χ1) is 9.40. The van der Waals surface area contributed by atoms with Gasteiger partial charge in [-0.2, -0.15) is 0 Å². The fourth-order valence-electron chi connectivity index (χ4n) is 1.82. The molecule has 1 atom stereocenters. The molecular formula is C14H20N2O4. The predicted molar refractivity (Wildman–Crippen MR) is 73.7 cm³/mol. The van der Waals surface area contributed by atoms with E-state index in [1.165, 1.54) is 0 Å². The first-order valence-corrected chi connectivity index (χ1v) is 6.53. The average molecular weight is 280 g/mol. The lowest BCUT2D eigenvalue weighted by atomic mass is 10.0. The van der Waals surface area contributed by atoms with Crippen molar-refractivity contribution in [1.82, 2.24) is 5.32 Å². The Morgan fingerprint density at radius 3 is 2.70 bits per heavy atom. The zero-order valence-electron chi connectivity index (χ0n) is 11.7. The molecule has 0 fully saturated rings. The summed E-state index contributed by atoms with van der Waals surface area (Å²) in [5.74, 6) is 0.839. The van der Waals surface area contributed by atoms with Gasteiger partial charge in [-0.15, -0.1) is 0 Å². The normalized spacial score (nSPS) is 15.8. The lowest BCUT2D eigenvalue weighted by molar-refractivity contribution is -0.123. The van der Waals surface area contributed by atoms with Crippen molar-refractivity contribution in [2.75, 3.05) is 19.8 Å². The lowest BCUT2D eigenvalue weighted by Gasteiger charge is -2.25. The fraction of sp³-hybridized carbons (Fsp3) is 0.500. The molecular weight excluding hydrogens is 260 g/mol. The van der Waals surface area contributed by atoms with Gasteiger partial charge in [-0.3, -0.25) is 4.79 Å². The second-order valence-electron chi connectivity index (χ2n) is 5.29. The number of nitrogens with one attached hydrogen (secondary N) is 1. The number of fused-ring (bicyclic) bond motifs is 1. The van der Waals surface area contributed by atoms with Gasteiger partial charge in [0.1, 0.15) is 13.2 Å². The highest BCUT2D eigenvalue weighted by Crippen LogP contribution is 2.32. The van der Waals surface area contributed by atoms with Crippen LogP contribution in [0.5, 0.6) is 11.5 Å². The van der Waals surface area contributed by atoms with Gasteiger partial charge in [-0.1, -0.05) is 6.07 Å². The fourth-order valence-corrected chi connectivity index (χ4v) is 1.82. The molecule has 1 aliphatic rings. The van der Waals surface area contributed by atoms with E-state index in [2.05, 4.69) is 5.32 Å². The second kappa shape index (κ2) is 5.68. The van der Waals surface area contributed by atoms with Crippen LogP contribution in [0.15, 0.2) is 18.2 Å². The molecule has 1 unspecified atom stereocenters. The minimum absolute atomic E-state index is 0.218. The molecule has 20 heavy (non-hydrogen) atoms.